The van der Waals surface area contributed by atoms with E-state index in [1.807, 2.05) is 24.3 Å². The van der Waals surface area contributed by atoms with Gasteiger partial charge in [-0.05, 0) is 92.5 Å². The molecule has 1 aliphatic rings. The minimum Gasteiger partial charge on any atom is -0.310 e. The molecule has 0 aliphatic heterocycles. The zero-order valence-corrected chi connectivity index (χ0v) is 22.7. The molecule has 0 bridgehead atoms. The van der Waals surface area contributed by atoms with Gasteiger partial charge in [-0.1, -0.05) is 89.2 Å². The quantitative estimate of drug-likeness (QED) is 0.251. The van der Waals surface area contributed by atoms with Crippen LogP contribution < -0.4 is 4.90 Å². The smallest absolute Gasteiger partial charge is 0.0991 e. The van der Waals surface area contributed by atoms with Crippen LogP contribution in [-0.2, 0) is 10.8 Å². The van der Waals surface area contributed by atoms with Crippen LogP contribution in [0.3, 0.4) is 0 Å². The fourth-order valence-corrected chi connectivity index (χ4v) is 5.88. The molecule has 0 unspecified atom stereocenters. The molecule has 5 aromatic rings. The van der Waals surface area contributed by atoms with Gasteiger partial charge in [-0.25, -0.2) is 0 Å². The van der Waals surface area contributed by atoms with Crippen LogP contribution in [0.2, 0.25) is 0 Å². The third-order valence-corrected chi connectivity index (χ3v) is 8.05. The molecule has 38 heavy (non-hydrogen) atoms. The summed E-state index contributed by atoms with van der Waals surface area (Å²) in [6, 6.07) is 39.1. The van der Waals surface area contributed by atoms with E-state index in [0.717, 1.165) is 17.1 Å². The molecule has 186 valence electrons. The fourth-order valence-electron chi connectivity index (χ4n) is 5.88. The van der Waals surface area contributed by atoms with Crippen molar-refractivity contribution in [2.75, 3.05) is 4.90 Å². The van der Waals surface area contributed by atoms with Crippen LogP contribution in [0.4, 0.5) is 17.1 Å². The van der Waals surface area contributed by atoms with E-state index in [9.17, 15) is 5.26 Å². The third kappa shape index (κ3) is 3.78. The molecule has 0 heterocycles. The molecular formula is C36H32N2. The van der Waals surface area contributed by atoms with E-state index in [4.69, 9.17) is 0 Å². The fraction of sp³-hybridized carbons (Fsp3) is 0.194. The van der Waals surface area contributed by atoms with Crippen molar-refractivity contribution in [3.8, 4) is 17.2 Å². The number of hydrogen-bond donors (Lipinski definition) is 0. The van der Waals surface area contributed by atoms with Crippen LogP contribution in [-0.4, -0.2) is 0 Å². The second kappa shape index (κ2) is 8.61. The first-order valence-electron chi connectivity index (χ1n) is 13.3. The molecule has 0 aromatic heterocycles. The van der Waals surface area contributed by atoms with Crippen LogP contribution in [0.1, 0.15) is 56.9 Å². The Morgan fingerprint density at radius 3 is 1.97 bits per heavy atom. The summed E-state index contributed by atoms with van der Waals surface area (Å²) in [4.78, 5) is 2.30. The summed E-state index contributed by atoms with van der Waals surface area (Å²) >= 11 is 0. The Labute approximate surface area is 225 Å². The zero-order chi connectivity index (χ0) is 26.7. The van der Waals surface area contributed by atoms with E-state index >= 15 is 0 Å². The molecule has 0 spiro atoms. The van der Waals surface area contributed by atoms with Crippen molar-refractivity contribution >= 4 is 27.8 Å². The average molecular weight is 493 g/mol. The van der Waals surface area contributed by atoms with Crippen molar-refractivity contribution in [2.24, 2.45) is 0 Å². The number of anilines is 3. The SMILES string of the molecule is CC(C)(C)c1ccc(N(c2ccc(C#N)cc2)c2ccc3c(c2)C(C)(C)c2ccc4ccccc4c2-3)cc1. The molecule has 0 amide bonds. The summed E-state index contributed by atoms with van der Waals surface area (Å²) in [6.45, 7) is 11.4. The van der Waals surface area contributed by atoms with Crippen molar-refractivity contribution in [3.05, 3.63) is 125 Å². The zero-order valence-electron chi connectivity index (χ0n) is 22.7. The van der Waals surface area contributed by atoms with Gasteiger partial charge in [-0.2, -0.15) is 5.26 Å². The van der Waals surface area contributed by atoms with Crippen molar-refractivity contribution in [2.45, 2.75) is 45.4 Å². The lowest BCUT2D eigenvalue weighted by Crippen LogP contribution is -2.17. The maximum Gasteiger partial charge on any atom is 0.0991 e. The van der Waals surface area contributed by atoms with Gasteiger partial charge in [0, 0.05) is 22.5 Å². The maximum atomic E-state index is 9.37. The Morgan fingerprint density at radius 1 is 0.684 bits per heavy atom. The highest BCUT2D eigenvalue weighted by atomic mass is 15.1. The third-order valence-electron chi connectivity index (χ3n) is 8.05. The minimum atomic E-state index is -0.114. The average Bonchev–Trinajstić information content (AvgIpc) is 3.15. The largest absolute Gasteiger partial charge is 0.310 e. The summed E-state index contributed by atoms with van der Waals surface area (Å²) in [5, 5.41) is 12.0. The topological polar surface area (TPSA) is 27.0 Å². The molecule has 0 saturated heterocycles. The number of benzene rings is 5. The maximum absolute atomic E-state index is 9.37. The first-order chi connectivity index (χ1) is 18.2. The lowest BCUT2D eigenvalue weighted by atomic mass is 9.82. The minimum absolute atomic E-state index is 0.0872. The Kier molecular flexibility index (Phi) is 5.44. The summed E-state index contributed by atoms with van der Waals surface area (Å²) in [6.07, 6.45) is 0. The summed E-state index contributed by atoms with van der Waals surface area (Å²) in [7, 11) is 0. The summed E-state index contributed by atoms with van der Waals surface area (Å²) in [5.74, 6) is 0. The van der Waals surface area contributed by atoms with E-state index in [2.05, 4.69) is 124 Å². The van der Waals surface area contributed by atoms with Crippen LogP contribution in [0, 0.1) is 11.3 Å². The highest BCUT2D eigenvalue weighted by molar-refractivity contribution is 6.03. The van der Waals surface area contributed by atoms with Gasteiger partial charge >= 0.3 is 0 Å². The van der Waals surface area contributed by atoms with Crippen LogP contribution >= 0.6 is 0 Å². The molecule has 0 saturated carbocycles. The van der Waals surface area contributed by atoms with Crippen LogP contribution in [0.5, 0.6) is 0 Å². The van der Waals surface area contributed by atoms with Gasteiger partial charge < -0.3 is 4.90 Å². The molecule has 0 fully saturated rings. The van der Waals surface area contributed by atoms with Gasteiger partial charge in [0.1, 0.15) is 0 Å². The second-order valence-electron chi connectivity index (χ2n) is 11.9. The van der Waals surface area contributed by atoms with Crippen molar-refractivity contribution < 1.29 is 0 Å². The molecule has 2 nitrogen and oxygen atoms in total. The van der Waals surface area contributed by atoms with E-state index in [0.29, 0.717) is 5.56 Å². The number of fused-ring (bicyclic) bond motifs is 5. The first kappa shape index (κ1) is 24.0. The number of nitriles is 1. The number of nitrogens with zero attached hydrogens (tertiary/aromatic N) is 2. The standard InChI is InChI=1S/C36H32N2/c1-35(2,3)26-13-17-28(18-14-26)38(27-15-10-24(23-37)11-16-27)29-19-20-31-33(22-29)36(4,5)32-21-12-25-8-6-7-9-30(25)34(31)32/h6-22H,1-5H3. The van der Waals surface area contributed by atoms with Crippen molar-refractivity contribution in [1.82, 2.24) is 0 Å². The van der Waals surface area contributed by atoms with Crippen LogP contribution in [0.25, 0.3) is 21.9 Å². The normalized spacial score (nSPS) is 13.6. The van der Waals surface area contributed by atoms with Gasteiger partial charge in [-0.15, -0.1) is 0 Å². The van der Waals surface area contributed by atoms with E-state index < -0.39 is 0 Å². The van der Waals surface area contributed by atoms with Crippen molar-refractivity contribution in [3.63, 3.8) is 0 Å². The van der Waals surface area contributed by atoms with Gasteiger partial charge in [-0.3, -0.25) is 0 Å². The van der Waals surface area contributed by atoms with Gasteiger partial charge in [0.05, 0.1) is 11.6 Å². The molecule has 5 aromatic carbocycles. The summed E-state index contributed by atoms with van der Waals surface area (Å²) in [5.41, 5.74) is 10.6. The molecule has 0 radical (unpaired) electrons. The lowest BCUT2D eigenvalue weighted by molar-refractivity contribution is 0.590. The Morgan fingerprint density at radius 2 is 1.32 bits per heavy atom. The number of hydrogen-bond acceptors (Lipinski definition) is 2. The molecule has 1 aliphatic carbocycles. The lowest BCUT2D eigenvalue weighted by Gasteiger charge is -2.29. The molecule has 0 atom stereocenters. The van der Waals surface area contributed by atoms with E-state index in [1.54, 1.807) is 0 Å². The van der Waals surface area contributed by atoms with Crippen LogP contribution in [0.15, 0.2) is 103 Å². The van der Waals surface area contributed by atoms with Gasteiger partial charge in [0.15, 0.2) is 0 Å². The molecule has 2 heteroatoms. The van der Waals surface area contributed by atoms with Crippen molar-refractivity contribution in [1.29, 1.82) is 5.26 Å². The summed E-state index contributed by atoms with van der Waals surface area (Å²) < 4.78 is 0. The highest BCUT2D eigenvalue weighted by Crippen LogP contribution is 2.52. The monoisotopic (exact) mass is 492 g/mol. The molecule has 6 rings (SSSR count). The van der Waals surface area contributed by atoms with Gasteiger partial charge in [0.25, 0.3) is 0 Å². The molecular weight excluding hydrogens is 460 g/mol. The van der Waals surface area contributed by atoms with E-state index in [-0.39, 0.29) is 10.8 Å². The first-order valence-corrected chi connectivity index (χ1v) is 13.3. The number of rotatable bonds is 3. The van der Waals surface area contributed by atoms with Gasteiger partial charge in [0.2, 0.25) is 0 Å². The van der Waals surface area contributed by atoms with E-state index in [1.165, 1.54) is 38.6 Å². The highest BCUT2D eigenvalue weighted by Gasteiger charge is 2.37. The predicted molar refractivity (Wildman–Crippen MR) is 160 cm³/mol. The second-order valence-corrected chi connectivity index (χ2v) is 11.9. The Hall–Kier alpha value is -4.35. The predicted octanol–water partition coefficient (Wildman–Crippen LogP) is 9.79. The Bertz CT molecular complexity index is 1710. The molecule has 0 N–H and O–H groups in total. The Balaban J connectivity index is 1.53.